The topological polar surface area (TPSA) is 23.6 Å². The normalized spacial score (nSPS) is 16.9. The maximum absolute atomic E-state index is 13.3. The highest BCUT2D eigenvalue weighted by Gasteiger charge is 2.18. The van der Waals surface area contributed by atoms with Crippen molar-refractivity contribution in [3.8, 4) is 0 Å². The Kier molecular flexibility index (Phi) is 3.97. The van der Waals surface area contributed by atoms with Gasteiger partial charge in [-0.2, -0.15) is 0 Å². The second kappa shape index (κ2) is 5.48. The van der Waals surface area contributed by atoms with Crippen LogP contribution in [0.15, 0.2) is 18.2 Å². The van der Waals surface area contributed by atoms with E-state index >= 15 is 0 Å². The molecule has 0 radical (unpaired) electrons. The summed E-state index contributed by atoms with van der Waals surface area (Å²) in [5.41, 5.74) is 1.95. The lowest BCUT2D eigenvalue weighted by Crippen LogP contribution is -2.47. The molecule has 1 heterocycles. The second-order valence-corrected chi connectivity index (χ2v) is 4.92. The Bertz CT molecular complexity index is 419. The molecule has 1 aromatic carbocycles. The number of aryl methyl sites for hydroxylation is 1. The van der Waals surface area contributed by atoms with Gasteiger partial charge in [0.05, 0.1) is 0 Å². The van der Waals surface area contributed by atoms with Crippen LogP contribution in [0.2, 0.25) is 0 Å². The molecule has 0 N–H and O–H groups in total. The van der Waals surface area contributed by atoms with Gasteiger partial charge < -0.3 is 4.90 Å². The Morgan fingerprint density at radius 1 is 1.22 bits per heavy atom. The molecule has 1 aliphatic heterocycles. The molecule has 1 amide bonds. The quantitative estimate of drug-likeness (QED) is 0.799. The van der Waals surface area contributed by atoms with Crippen molar-refractivity contribution in [2.75, 3.05) is 26.2 Å². The molecule has 4 heteroatoms. The molecule has 1 saturated heterocycles. The first-order chi connectivity index (χ1) is 8.54. The van der Waals surface area contributed by atoms with Crippen LogP contribution in [0, 0.1) is 12.7 Å². The van der Waals surface area contributed by atoms with Gasteiger partial charge in [-0.15, -0.1) is 0 Å². The molecule has 1 aromatic rings. The molecule has 0 unspecified atom stereocenters. The van der Waals surface area contributed by atoms with E-state index < -0.39 is 0 Å². The molecule has 3 nitrogen and oxygen atoms in total. The molecule has 0 spiro atoms. The van der Waals surface area contributed by atoms with Crippen molar-refractivity contribution in [2.24, 2.45) is 0 Å². The van der Waals surface area contributed by atoms with Gasteiger partial charge in [-0.25, -0.2) is 4.39 Å². The van der Waals surface area contributed by atoms with Gasteiger partial charge in [-0.3, -0.25) is 9.69 Å². The van der Waals surface area contributed by atoms with Crippen molar-refractivity contribution >= 4 is 5.91 Å². The lowest BCUT2D eigenvalue weighted by Gasteiger charge is -2.34. The maximum Gasteiger partial charge on any atom is 0.219 e. The highest BCUT2D eigenvalue weighted by molar-refractivity contribution is 5.73. The Morgan fingerprint density at radius 2 is 1.89 bits per heavy atom. The van der Waals surface area contributed by atoms with Crippen LogP contribution in [0.5, 0.6) is 0 Å². The van der Waals surface area contributed by atoms with Gasteiger partial charge in [0.1, 0.15) is 5.82 Å². The summed E-state index contributed by atoms with van der Waals surface area (Å²) < 4.78 is 13.3. The van der Waals surface area contributed by atoms with Gasteiger partial charge in [0.2, 0.25) is 5.91 Å². The third-order valence-corrected chi connectivity index (χ3v) is 3.33. The van der Waals surface area contributed by atoms with E-state index in [0.29, 0.717) is 0 Å². The third-order valence-electron chi connectivity index (χ3n) is 3.33. The fourth-order valence-corrected chi connectivity index (χ4v) is 2.38. The monoisotopic (exact) mass is 250 g/mol. The largest absolute Gasteiger partial charge is 0.340 e. The van der Waals surface area contributed by atoms with Crippen molar-refractivity contribution in [1.29, 1.82) is 0 Å². The molecule has 0 aromatic heterocycles. The molecule has 18 heavy (non-hydrogen) atoms. The zero-order valence-electron chi connectivity index (χ0n) is 10.9. The van der Waals surface area contributed by atoms with Crippen molar-refractivity contribution in [3.05, 3.63) is 35.1 Å². The lowest BCUT2D eigenvalue weighted by atomic mass is 10.1. The van der Waals surface area contributed by atoms with Crippen LogP contribution >= 0.6 is 0 Å². The fourth-order valence-electron chi connectivity index (χ4n) is 2.38. The first kappa shape index (κ1) is 13.0. The predicted octanol–water partition coefficient (Wildman–Crippen LogP) is 1.80. The zero-order chi connectivity index (χ0) is 13.1. The van der Waals surface area contributed by atoms with E-state index in [1.165, 1.54) is 6.07 Å². The molecule has 0 atom stereocenters. The number of rotatable bonds is 2. The van der Waals surface area contributed by atoms with Crippen LogP contribution in [-0.2, 0) is 11.3 Å². The summed E-state index contributed by atoms with van der Waals surface area (Å²) in [6.07, 6.45) is 0. The zero-order valence-corrected chi connectivity index (χ0v) is 10.9. The van der Waals surface area contributed by atoms with E-state index in [1.54, 1.807) is 13.0 Å². The fraction of sp³-hybridized carbons (Fsp3) is 0.500. The molecule has 0 aliphatic carbocycles. The molecule has 1 aliphatic rings. The van der Waals surface area contributed by atoms with Gasteiger partial charge >= 0.3 is 0 Å². The van der Waals surface area contributed by atoms with Crippen molar-refractivity contribution in [1.82, 2.24) is 9.80 Å². The summed E-state index contributed by atoms with van der Waals surface area (Å²) >= 11 is 0. The molecule has 2 rings (SSSR count). The van der Waals surface area contributed by atoms with Gasteiger partial charge in [-0.1, -0.05) is 6.07 Å². The summed E-state index contributed by atoms with van der Waals surface area (Å²) in [7, 11) is 0. The average Bonchev–Trinajstić information content (AvgIpc) is 2.28. The number of piperazine rings is 1. The van der Waals surface area contributed by atoms with E-state index in [-0.39, 0.29) is 11.7 Å². The maximum atomic E-state index is 13.3. The molecule has 0 bridgehead atoms. The smallest absolute Gasteiger partial charge is 0.219 e. The number of amides is 1. The Balaban J connectivity index is 1.93. The minimum absolute atomic E-state index is 0.135. The van der Waals surface area contributed by atoms with Crippen LogP contribution < -0.4 is 0 Å². The summed E-state index contributed by atoms with van der Waals surface area (Å²) in [6, 6.07) is 5.14. The highest BCUT2D eigenvalue weighted by atomic mass is 19.1. The highest BCUT2D eigenvalue weighted by Crippen LogP contribution is 2.12. The number of halogens is 1. The van der Waals surface area contributed by atoms with E-state index in [2.05, 4.69) is 4.90 Å². The Morgan fingerprint density at radius 3 is 2.44 bits per heavy atom. The number of hydrogen-bond acceptors (Lipinski definition) is 2. The first-order valence-electron chi connectivity index (χ1n) is 6.28. The van der Waals surface area contributed by atoms with Crippen molar-refractivity contribution in [2.45, 2.75) is 20.4 Å². The molecular weight excluding hydrogens is 231 g/mol. The SMILES string of the molecule is CC(=O)N1CCN(Cc2cc(C)cc(F)c2)CC1. The van der Waals surface area contributed by atoms with Crippen LogP contribution in [0.3, 0.4) is 0 Å². The van der Waals surface area contributed by atoms with E-state index in [4.69, 9.17) is 0 Å². The number of carbonyl (C=O) groups excluding carboxylic acids is 1. The second-order valence-electron chi connectivity index (χ2n) is 4.92. The van der Waals surface area contributed by atoms with Crippen LogP contribution in [-0.4, -0.2) is 41.9 Å². The van der Waals surface area contributed by atoms with Crippen LogP contribution in [0.1, 0.15) is 18.1 Å². The van der Waals surface area contributed by atoms with E-state index in [9.17, 15) is 9.18 Å². The first-order valence-corrected chi connectivity index (χ1v) is 6.28. The van der Waals surface area contributed by atoms with E-state index in [0.717, 1.165) is 43.9 Å². The molecule has 98 valence electrons. The summed E-state index contributed by atoms with van der Waals surface area (Å²) in [5, 5.41) is 0. The number of nitrogens with zero attached hydrogens (tertiary/aromatic N) is 2. The summed E-state index contributed by atoms with van der Waals surface area (Å²) in [6.45, 7) is 7.51. The van der Waals surface area contributed by atoms with Crippen molar-refractivity contribution < 1.29 is 9.18 Å². The third kappa shape index (κ3) is 3.29. The van der Waals surface area contributed by atoms with E-state index in [1.807, 2.05) is 17.9 Å². The van der Waals surface area contributed by atoms with Gasteiger partial charge in [0.15, 0.2) is 0 Å². The standard InChI is InChI=1S/C14H19FN2O/c1-11-7-13(9-14(15)8-11)10-16-3-5-17(6-4-16)12(2)18/h7-9H,3-6,10H2,1-2H3. The predicted molar refractivity (Wildman–Crippen MR) is 68.7 cm³/mol. The average molecular weight is 250 g/mol. The minimum atomic E-state index is -0.174. The number of carbonyl (C=O) groups is 1. The molecule has 0 saturated carbocycles. The Labute approximate surface area is 107 Å². The van der Waals surface area contributed by atoms with Gasteiger partial charge in [0.25, 0.3) is 0 Å². The van der Waals surface area contributed by atoms with Crippen LogP contribution in [0.4, 0.5) is 4.39 Å². The number of hydrogen-bond donors (Lipinski definition) is 0. The summed E-state index contributed by atoms with van der Waals surface area (Å²) in [4.78, 5) is 15.3. The Hall–Kier alpha value is -1.42. The van der Waals surface area contributed by atoms with Crippen molar-refractivity contribution in [3.63, 3.8) is 0 Å². The van der Waals surface area contributed by atoms with Gasteiger partial charge in [0, 0.05) is 39.6 Å². The summed E-state index contributed by atoms with van der Waals surface area (Å²) in [5.74, 6) is -0.0383. The number of benzene rings is 1. The minimum Gasteiger partial charge on any atom is -0.340 e. The molecular formula is C14H19FN2O. The molecule has 1 fully saturated rings. The van der Waals surface area contributed by atoms with Gasteiger partial charge in [-0.05, 0) is 30.2 Å². The van der Waals surface area contributed by atoms with Crippen LogP contribution in [0.25, 0.3) is 0 Å². The lowest BCUT2D eigenvalue weighted by molar-refractivity contribution is -0.130.